The molecule has 0 unspecified atom stereocenters. The van der Waals surface area contributed by atoms with Gasteiger partial charge in [-0.2, -0.15) is 4.57 Å². The quantitative estimate of drug-likeness (QED) is 0.447. The summed E-state index contributed by atoms with van der Waals surface area (Å²) in [6.07, 6.45) is 6.78. The van der Waals surface area contributed by atoms with Gasteiger partial charge >= 0.3 is 0 Å². The lowest BCUT2D eigenvalue weighted by Crippen LogP contribution is -2.37. The van der Waals surface area contributed by atoms with E-state index in [-0.39, 0.29) is 5.78 Å². The Morgan fingerprint density at radius 1 is 1.04 bits per heavy atom. The molecule has 0 aliphatic rings. The van der Waals surface area contributed by atoms with Crippen molar-refractivity contribution in [3.05, 3.63) is 78.2 Å². The fourth-order valence-electron chi connectivity index (χ4n) is 3.27. The van der Waals surface area contributed by atoms with Gasteiger partial charge < -0.3 is 4.98 Å². The van der Waals surface area contributed by atoms with Crippen LogP contribution in [0, 0.1) is 0 Å². The van der Waals surface area contributed by atoms with Crippen LogP contribution in [0.3, 0.4) is 0 Å². The molecule has 0 saturated carbocycles. The maximum atomic E-state index is 12.8. The minimum atomic E-state index is 0.120. The summed E-state index contributed by atoms with van der Waals surface area (Å²) >= 11 is 0. The summed E-state index contributed by atoms with van der Waals surface area (Å²) in [4.78, 5) is 16.1. The zero-order chi connectivity index (χ0) is 16.5. The monoisotopic (exact) mass is 315 g/mol. The number of pyridine rings is 1. The molecule has 3 nitrogen and oxygen atoms in total. The molecule has 0 bridgehead atoms. The van der Waals surface area contributed by atoms with E-state index in [1.165, 1.54) is 10.9 Å². The minimum absolute atomic E-state index is 0.120. The number of carbonyl (C=O) groups excluding carboxylic acids is 1. The molecule has 1 N–H and O–H groups in total. The van der Waals surface area contributed by atoms with Crippen LogP contribution in [-0.4, -0.2) is 10.8 Å². The smallest absolute Gasteiger partial charge is 0.229 e. The highest BCUT2D eigenvalue weighted by Crippen LogP contribution is 2.22. The van der Waals surface area contributed by atoms with Gasteiger partial charge in [-0.1, -0.05) is 43.3 Å². The molecule has 2 heterocycles. The normalized spacial score (nSPS) is 11.2. The molecule has 4 aromatic rings. The van der Waals surface area contributed by atoms with E-state index in [2.05, 4.69) is 30.1 Å². The van der Waals surface area contributed by atoms with Crippen LogP contribution < -0.4 is 4.57 Å². The Morgan fingerprint density at radius 2 is 1.88 bits per heavy atom. The first-order valence-corrected chi connectivity index (χ1v) is 8.26. The highest BCUT2D eigenvalue weighted by Gasteiger charge is 2.17. The molecule has 2 aromatic carbocycles. The Morgan fingerprint density at radius 3 is 2.71 bits per heavy atom. The van der Waals surface area contributed by atoms with Gasteiger partial charge in [0.25, 0.3) is 0 Å². The first-order valence-electron chi connectivity index (χ1n) is 8.26. The SMILES string of the molecule is CCc1cccc2c(C(=O)C[n+]3ccc4ccccc4c3)c[nH]c12. The molecule has 24 heavy (non-hydrogen) atoms. The number of nitrogens with one attached hydrogen (secondary N) is 1. The van der Waals surface area contributed by atoms with Crippen LogP contribution in [0.15, 0.2) is 67.1 Å². The van der Waals surface area contributed by atoms with Crippen molar-refractivity contribution in [2.24, 2.45) is 0 Å². The van der Waals surface area contributed by atoms with E-state index in [0.29, 0.717) is 6.54 Å². The van der Waals surface area contributed by atoms with Gasteiger partial charge in [-0.3, -0.25) is 4.79 Å². The number of ketones is 1. The van der Waals surface area contributed by atoms with Crippen molar-refractivity contribution in [3.8, 4) is 0 Å². The van der Waals surface area contributed by atoms with E-state index in [0.717, 1.165) is 28.3 Å². The number of benzene rings is 2. The summed E-state index contributed by atoms with van der Waals surface area (Å²) in [5.41, 5.74) is 3.08. The van der Waals surface area contributed by atoms with Gasteiger partial charge in [-0.25, -0.2) is 0 Å². The van der Waals surface area contributed by atoms with Crippen LogP contribution in [0.1, 0.15) is 22.8 Å². The number of aromatic amines is 1. The summed E-state index contributed by atoms with van der Waals surface area (Å²) in [6, 6.07) is 16.4. The predicted octanol–water partition coefficient (Wildman–Crippen LogP) is 4.05. The number of rotatable bonds is 4. The van der Waals surface area contributed by atoms with Gasteiger partial charge in [0.1, 0.15) is 0 Å². The zero-order valence-electron chi connectivity index (χ0n) is 13.6. The molecule has 0 fully saturated rings. The van der Waals surface area contributed by atoms with Gasteiger partial charge in [-0.15, -0.1) is 0 Å². The highest BCUT2D eigenvalue weighted by atomic mass is 16.1. The van der Waals surface area contributed by atoms with Crippen LogP contribution >= 0.6 is 0 Å². The second-order valence-electron chi connectivity index (χ2n) is 6.06. The summed E-state index contributed by atoms with van der Waals surface area (Å²) < 4.78 is 1.95. The number of nitrogens with zero attached hydrogens (tertiary/aromatic N) is 1. The average molecular weight is 315 g/mol. The van der Waals surface area contributed by atoms with Gasteiger partial charge in [-0.05, 0) is 23.4 Å². The predicted molar refractivity (Wildman–Crippen MR) is 96.2 cm³/mol. The van der Waals surface area contributed by atoms with Crippen molar-refractivity contribution in [1.82, 2.24) is 4.98 Å². The first-order chi connectivity index (χ1) is 11.8. The Kier molecular flexibility index (Phi) is 3.62. The molecule has 0 spiro atoms. The van der Waals surface area contributed by atoms with E-state index >= 15 is 0 Å². The molecule has 0 saturated heterocycles. The second-order valence-corrected chi connectivity index (χ2v) is 6.06. The van der Waals surface area contributed by atoms with Crippen LogP contribution in [0.5, 0.6) is 0 Å². The van der Waals surface area contributed by atoms with Crippen molar-refractivity contribution in [2.45, 2.75) is 19.9 Å². The third-order valence-corrected chi connectivity index (χ3v) is 4.56. The number of Topliss-reactive ketones (excluding diaryl/α,β-unsaturated/α-hetero) is 1. The number of fused-ring (bicyclic) bond motifs is 2. The number of aryl methyl sites for hydroxylation is 1. The van der Waals surface area contributed by atoms with Crippen LogP contribution in [0.4, 0.5) is 0 Å². The molecule has 0 aliphatic heterocycles. The van der Waals surface area contributed by atoms with Crippen LogP contribution in [0.2, 0.25) is 0 Å². The third kappa shape index (κ3) is 2.48. The number of hydrogen-bond acceptors (Lipinski definition) is 1. The van der Waals surface area contributed by atoms with Crippen LogP contribution in [-0.2, 0) is 13.0 Å². The van der Waals surface area contributed by atoms with Crippen LogP contribution in [0.25, 0.3) is 21.7 Å². The topological polar surface area (TPSA) is 36.7 Å². The van der Waals surface area contributed by atoms with Gasteiger partial charge in [0, 0.05) is 34.1 Å². The number of hydrogen-bond donors (Lipinski definition) is 1. The largest absolute Gasteiger partial charge is 0.360 e. The average Bonchev–Trinajstić information content (AvgIpc) is 3.06. The summed E-state index contributed by atoms with van der Waals surface area (Å²) in [6.45, 7) is 2.47. The number of carbonyl (C=O) groups is 1. The lowest BCUT2D eigenvalue weighted by molar-refractivity contribution is -0.681. The van der Waals surface area contributed by atoms with E-state index in [1.807, 2.05) is 53.5 Å². The Bertz CT molecular complexity index is 1050. The minimum Gasteiger partial charge on any atom is -0.360 e. The molecule has 0 amide bonds. The highest BCUT2D eigenvalue weighted by molar-refractivity contribution is 6.07. The molecular formula is C21H19N2O+. The lowest BCUT2D eigenvalue weighted by Gasteiger charge is -2.01. The van der Waals surface area contributed by atoms with Crippen molar-refractivity contribution in [1.29, 1.82) is 0 Å². The lowest BCUT2D eigenvalue weighted by atomic mass is 10.0. The third-order valence-electron chi connectivity index (χ3n) is 4.56. The van der Waals surface area contributed by atoms with Crippen molar-refractivity contribution < 1.29 is 9.36 Å². The van der Waals surface area contributed by atoms with E-state index in [1.54, 1.807) is 0 Å². The molecule has 0 aliphatic carbocycles. The fourth-order valence-corrected chi connectivity index (χ4v) is 3.27. The van der Waals surface area contributed by atoms with Crippen molar-refractivity contribution >= 4 is 27.5 Å². The molecule has 2 aromatic heterocycles. The Labute approximate surface area is 140 Å². The van der Waals surface area contributed by atoms with Crippen molar-refractivity contribution in [3.63, 3.8) is 0 Å². The standard InChI is InChI=1S/C21H18N2O/c1-2-15-8-5-9-18-19(12-22-21(15)18)20(24)14-23-11-10-16-6-3-4-7-17(16)13-23/h3-13H,2,14H2,1H3/p+1. The summed E-state index contributed by atoms with van der Waals surface area (Å²) in [5, 5.41) is 3.33. The number of para-hydroxylation sites is 1. The maximum absolute atomic E-state index is 12.8. The molecule has 4 rings (SSSR count). The number of aromatic nitrogens is 2. The van der Waals surface area contributed by atoms with Gasteiger partial charge in [0.2, 0.25) is 12.3 Å². The van der Waals surface area contributed by atoms with Gasteiger partial charge in [0.15, 0.2) is 12.4 Å². The van der Waals surface area contributed by atoms with Gasteiger partial charge in [0.05, 0.1) is 0 Å². The first kappa shape index (κ1) is 14.6. The van der Waals surface area contributed by atoms with E-state index < -0.39 is 0 Å². The fraction of sp³-hybridized carbons (Fsp3) is 0.143. The molecule has 3 heteroatoms. The Hall–Kier alpha value is -2.94. The number of H-pyrrole nitrogens is 1. The zero-order valence-corrected chi connectivity index (χ0v) is 13.6. The summed E-state index contributed by atoms with van der Waals surface area (Å²) in [7, 11) is 0. The molecule has 118 valence electrons. The van der Waals surface area contributed by atoms with E-state index in [4.69, 9.17) is 0 Å². The maximum Gasteiger partial charge on any atom is 0.229 e. The summed E-state index contributed by atoms with van der Waals surface area (Å²) in [5.74, 6) is 0.120. The molecule has 0 radical (unpaired) electrons. The molecule has 0 atom stereocenters. The molecular weight excluding hydrogens is 296 g/mol. The van der Waals surface area contributed by atoms with Crippen molar-refractivity contribution in [2.75, 3.05) is 0 Å². The van der Waals surface area contributed by atoms with E-state index in [9.17, 15) is 4.79 Å². The Balaban J connectivity index is 1.68. The second kappa shape index (κ2) is 5.93.